The molecule has 0 saturated carbocycles. The summed E-state index contributed by atoms with van der Waals surface area (Å²) in [7, 11) is 0. The minimum Gasteiger partial charge on any atom is -0.481 e. The van der Waals surface area contributed by atoms with Gasteiger partial charge in [-0.2, -0.15) is 9.37 Å². The standard InChI is InChI=1S/C8H10FN3O3/c1-4-6(9)11-8(12-7(4)15)10-3-2-5(13)14/h2-3H2,1H3,(H,13,14)(H2,10,11,12,15). The number of hydrogen-bond acceptors (Lipinski definition) is 4. The molecular formula is C8H10FN3O3. The number of aromatic nitrogens is 2. The van der Waals surface area contributed by atoms with E-state index in [0.717, 1.165) is 0 Å². The molecule has 0 radical (unpaired) electrons. The highest BCUT2D eigenvalue weighted by atomic mass is 19.1. The smallest absolute Gasteiger partial charge is 0.305 e. The van der Waals surface area contributed by atoms with Crippen LogP contribution in [0, 0.1) is 12.9 Å². The molecule has 1 rings (SSSR count). The fraction of sp³-hybridized carbons (Fsp3) is 0.375. The molecule has 0 aliphatic rings. The Labute approximate surface area is 84.2 Å². The Balaban J connectivity index is 2.71. The Morgan fingerprint density at radius 1 is 1.67 bits per heavy atom. The zero-order valence-corrected chi connectivity index (χ0v) is 8.00. The van der Waals surface area contributed by atoms with Crippen LogP contribution in [0.5, 0.6) is 0 Å². The van der Waals surface area contributed by atoms with Crippen LogP contribution in [0.2, 0.25) is 0 Å². The third kappa shape index (κ3) is 3.04. The number of nitrogens with zero attached hydrogens (tertiary/aromatic N) is 1. The summed E-state index contributed by atoms with van der Waals surface area (Å²) < 4.78 is 12.9. The van der Waals surface area contributed by atoms with Crippen LogP contribution in [-0.4, -0.2) is 27.6 Å². The molecule has 0 atom stereocenters. The summed E-state index contributed by atoms with van der Waals surface area (Å²) in [5.41, 5.74) is -0.681. The number of carbonyl (C=O) groups is 1. The molecule has 0 fully saturated rings. The molecule has 0 spiro atoms. The zero-order valence-electron chi connectivity index (χ0n) is 8.00. The molecule has 0 aliphatic carbocycles. The minimum absolute atomic E-state index is 0.0654. The third-order valence-electron chi connectivity index (χ3n) is 1.72. The van der Waals surface area contributed by atoms with Crippen LogP contribution in [0.3, 0.4) is 0 Å². The quantitative estimate of drug-likeness (QED) is 0.619. The van der Waals surface area contributed by atoms with E-state index in [0.29, 0.717) is 0 Å². The average Bonchev–Trinajstić information content (AvgIpc) is 2.13. The highest BCUT2D eigenvalue weighted by Crippen LogP contribution is 2.00. The van der Waals surface area contributed by atoms with Crippen molar-refractivity contribution in [1.29, 1.82) is 0 Å². The SMILES string of the molecule is Cc1c(F)nc(NCCC(=O)O)[nH]c1=O. The molecule has 1 heterocycles. The number of rotatable bonds is 4. The molecule has 7 heteroatoms. The van der Waals surface area contributed by atoms with Crippen molar-refractivity contribution in [1.82, 2.24) is 9.97 Å². The lowest BCUT2D eigenvalue weighted by molar-refractivity contribution is -0.136. The topological polar surface area (TPSA) is 95.1 Å². The summed E-state index contributed by atoms with van der Waals surface area (Å²) >= 11 is 0. The van der Waals surface area contributed by atoms with Gasteiger partial charge in [0.2, 0.25) is 11.9 Å². The molecule has 1 aromatic rings. The van der Waals surface area contributed by atoms with Crippen LogP contribution in [0.1, 0.15) is 12.0 Å². The fourth-order valence-electron chi connectivity index (χ4n) is 0.876. The summed E-state index contributed by atoms with van der Waals surface area (Å²) in [4.78, 5) is 26.9. The maximum Gasteiger partial charge on any atom is 0.305 e. The van der Waals surface area contributed by atoms with Crippen LogP contribution in [0.25, 0.3) is 0 Å². The van der Waals surface area contributed by atoms with Crippen molar-refractivity contribution in [3.05, 3.63) is 21.9 Å². The van der Waals surface area contributed by atoms with Gasteiger partial charge in [0.05, 0.1) is 12.0 Å². The Morgan fingerprint density at radius 3 is 2.87 bits per heavy atom. The number of carboxylic acid groups (broad SMARTS) is 1. The van der Waals surface area contributed by atoms with Crippen LogP contribution in [0.15, 0.2) is 4.79 Å². The predicted molar refractivity (Wildman–Crippen MR) is 50.3 cm³/mol. The van der Waals surface area contributed by atoms with E-state index in [-0.39, 0.29) is 24.5 Å². The Hall–Kier alpha value is -1.92. The van der Waals surface area contributed by atoms with Gasteiger partial charge >= 0.3 is 5.97 Å². The van der Waals surface area contributed by atoms with E-state index in [4.69, 9.17) is 5.11 Å². The summed E-state index contributed by atoms with van der Waals surface area (Å²) in [5, 5.41) is 10.8. The predicted octanol–water partition coefficient (Wildman–Crippen LogP) is 0.104. The van der Waals surface area contributed by atoms with Crippen LogP contribution in [-0.2, 0) is 4.79 Å². The fourth-order valence-corrected chi connectivity index (χ4v) is 0.876. The van der Waals surface area contributed by atoms with Gasteiger partial charge < -0.3 is 10.4 Å². The molecule has 0 amide bonds. The van der Waals surface area contributed by atoms with Crippen molar-refractivity contribution < 1.29 is 14.3 Å². The summed E-state index contributed by atoms with van der Waals surface area (Å²) in [5.74, 6) is -1.92. The Kier molecular flexibility index (Phi) is 3.37. The third-order valence-corrected chi connectivity index (χ3v) is 1.72. The van der Waals surface area contributed by atoms with Gasteiger partial charge in [0.15, 0.2) is 0 Å². The van der Waals surface area contributed by atoms with Crippen LogP contribution >= 0.6 is 0 Å². The van der Waals surface area contributed by atoms with E-state index in [1.54, 1.807) is 0 Å². The molecular weight excluding hydrogens is 205 g/mol. The maximum atomic E-state index is 12.9. The summed E-state index contributed by atoms with van der Waals surface area (Å²) in [6, 6.07) is 0. The molecule has 15 heavy (non-hydrogen) atoms. The molecule has 6 nitrogen and oxygen atoms in total. The molecule has 0 aromatic carbocycles. The first-order valence-electron chi connectivity index (χ1n) is 4.23. The minimum atomic E-state index is -0.988. The van der Waals surface area contributed by atoms with Gasteiger partial charge in [-0.3, -0.25) is 14.6 Å². The van der Waals surface area contributed by atoms with E-state index in [2.05, 4.69) is 15.3 Å². The largest absolute Gasteiger partial charge is 0.481 e. The van der Waals surface area contributed by atoms with Crippen molar-refractivity contribution in [2.24, 2.45) is 0 Å². The maximum absolute atomic E-state index is 12.9. The first-order chi connectivity index (χ1) is 7.00. The molecule has 0 aliphatic heterocycles. The van der Waals surface area contributed by atoms with Gasteiger partial charge in [-0.25, -0.2) is 0 Å². The normalized spacial score (nSPS) is 10.0. The molecule has 0 unspecified atom stereocenters. The highest BCUT2D eigenvalue weighted by Gasteiger charge is 2.06. The Morgan fingerprint density at radius 2 is 2.33 bits per heavy atom. The second kappa shape index (κ2) is 4.54. The lowest BCUT2D eigenvalue weighted by Crippen LogP contribution is -2.18. The van der Waals surface area contributed by atoms with E-state index in [1.165, 1.54) is 6.92 Å². The molecule has 3 N–H and O–H groups in total. The molecule has 0 bridgehead atoms. The van der Waals surface area contributed by atoms with Gasteiger partial charge in [-0.1, -0.05) is 0 Å². The monoisotopic (exact) mass is 215 g/mol. The van der Waals surface area contributed by atoms with Crippen molar-refractivity contribution in [2.75, 3.05) is 11.9 Å². The van der Waals surface area contributed by atoms with Crippen molar-refractivity contribution in [2.45, 2.75) is 13.3 Å². The highest BCUT2D eigenvalue weighted by molar-refractivity contribution is 5.67. The first kappa shape index (κ1) is 11.2. The van der Waals surface area contributed by atoms with Gasteiger partial charge in [-0.05, 0) is 6.92 Å². The molecule has 1 aromatic heterocycles. The first-order valence-corrected chi connectivity index (χ1v) is 4.23. The lowest BCUT2D eigenvalue weighted by atomic mass is 10.4. The second-order valence-electron chi connectivity index (χ2n) is 2.90. The van der Waals surface area contributed by atoms with E-state index in [9.17, 15) is 14.0 Å². The van der Waals surface area contributed by atoms with Gasteiger partial charge in [0, 0.05) is 6.54 Å². The molecule has 82 valence electrons. The summed E-state index contributed by atoms with van der Waals surface area (Å²) in [6.45, 7) is 1.38. The number of H-pyrrole nitrogens is 1. The number of nitrogens with one attached hydrogen (secondary N) is 2. The van der Waals surface area contributed by atoms with E-state index >= 15 is 0 Å². The number of anilines is 1. The van der Waals surface area contributed by atoms with Gasteiger partial charge in [0.1, 0.15) is 0 Å². The number of carboxylic acids is 1. The Bertz CT molecular complexity index is 430. The van der Waals surface area contributed by atoms with Gasteiger partial charge in [-0.15, -0.1) is 0 Å². The second-order valence-corrected chi connectivity index (χ2v) is 2.90. The van der Waals surface area contributed by atoms with Crippen molar-refractivity contribution >= 4 is 11.9 Å². The van der Waals surface area contributed by atoms with Crippen molar-refractivity contribution in [3.8, 4) is 0 Å². The van der Waals surface area contributed by atoms with Gasteiger partial charge in [0.25, 0.3) is 5.56 Å². The molecule has 0 saturated heterocycles. The lowest BCUT2D eigenvalue weighted by Gasteiger charge is -2.03. The average molecular weight is 215 g/mol. The number of halogens is 1. The van der Waals surface area contributed by atoms with Crippen LogP contribution in [0.4, 0.5) is 10.3 Å². The van der Waals surface area contributed by atoms with Crippen molar-refractivity contribution in [3.63, 3.8) is 0 Å². The zero-order chi connectivity index (χ0) is 11.4. The van der Waals surface area contributed by atoms with E-state index < -0.39 is 17.5 Å². The summed E-state index contributed by atoms with van der Waals surface area (Å²) in [6.07, 6.45) is -0.140. The van der Waals surface area contributed by atoms with Crippen LogP contribution < -0.4 is 10.9 Å². The number of aromatic amines is 1. The number of hydrogen-bond donors (Lipinski definition) is 3. The van der Waals surface area contributed by atoms with E-state index in [1.807, 2.05) is 0 Å². The number of aliphatic carboxylic acids is 1.